The molecule has 16 aromatic rings. The van der Waals surface area contributed by atoms with E-state index < -0.39 is 0 Å². The number of nitrogens with zero attached hydrogens (tertiary/aromatic N) is 3. The van der Waals surface area contributed by atoms with Crippen LogP contribution in [0, 0.1) is 0 Å². The highest BCUT2D eigenvalue weighted by atomic mass is 16.3. The molecule has 0 aliphatic heterocycles. The van der Waals surface area contributed by atoms with Crippen LogP contribution in [-0.2, 0) is 0 Å². The van der Waals surface area contributed by atoms with Gasteiger partial charge < -0.3 is 22.1 Å². The second-order valence-corrected chi connectivity index (χ2v) is 18.2. The summed E-state index contributed by atoms with van der Waals surface area (Å²) in [5.41, 5.74) is 14.5. The zero-order valence-electron chi connectivity index (χ0n) is 37.4. The quantitative estimate of drug-likeness (QED) is 0.168. The molecular formula is C63H33N3O5. The first-order valence-electron chi connectivity index (χ1n) is 23.5. The molecule has 71 heavy (non-hydrogen) atoms. The van der Waals surface area contributed by atoms with Crippen molar-refractivity contribution in [1.82, 2.24) is 15.0 Å². The van der Waals surface area contributed by atoms with E-state index in [1.165, 1.54) is 0 Å². The fourth-order valence-electron chi connectivity index (χ4n) is 10.9. The highest BCUT2D eigenvalue weighted by Crippen LogP contribution is 2.44. The van der Waals surface area contributed by atoms with Crippen LogP contribution in [0.25, 0.3) is 166 Å². The second kappa shape index (κ2) is 14.4. The van der Waals surface area contributed by atoms with Crippen LogP contribution in [0.1, 0.15) is 0 Å². The van der Waals surface area contributed by atoms with Crippen molar-refractivity contribution in [3.05, 3.63) is 200 Å². The van der Waals surface area contributed by atoms with Crippen molar-refractivity contribution < 1.29 is 22.1 Å². The van der Waals surface area contributed by atoms with E-state index in [-0.39, 0.29) is 0 Å². The number of furan rings is 5. The number of hydrogen-bond acceptors (Lipinski definition) is 8. The molecule has 0 unspecified atom stereocenters. The van der Waals surface area contributed by atoms with Crippen LogP contribution in [0.5, 0.6) is 0 Å². The van der Waals surface area contributed by atoms with Crippen LogP contribution in [-0.4, -0.2) is 15.0 Å². The minimum absolute atomic E-state index is 0.502. The largest absolute Gasteiger partial charge is 0.456 e. The zero-order chi connectivity index (χ0) is 46.3. The molecule has 6 heterocycles. The summed E-state index contributed by atoms with van der Waals surface area (Å²) >= 11 is 0. The van der Waals surface area contributed by atoms with Gasteiger partial charge in [-0.15, -0.1) is 0 Å². The van der Waals surface area contributed by atoms with Crippen molar-refractivity contribution in [2.45, 2.75) is 0 Å². The summed E-state index contributed by atoms with van der Waals surface area (Å²) < 4.78 is 32.2. The van der Waals surface area contributed by atoms with Crippen LogP contribution < -0.4 is 0 Å². The number of fused-ring (bicyclic) bond motifs is 15. The smallest absolute Gasteiger partial charge is 0.164 e. The molecule has 0 saturated carbocycles. The lowest BCUT2D eigenvalue weighted by Crippen LogP contribution is -2.01. The molecule has 8 nitrogen and oxygen atoms in total. The third kappa shape index (κ3) is 5.70. The summed E-state index contributed by atoms with van der Waals surface area (Å²) in [5, 5.41) is 9.98. The summed E-state index contributed by atoms with van der Waals surface area (Å²) in [6.07, 6.45) is 0. The number of benzene rings is 10. The SMILES string of the molecule is c1ccc2c(c1)oc1cc(-c3ccc4oc5cccc(-c6nc(-c7cccc8oc9ccccc9c78)nc(-c7cccc8oc9ccc(-c%10ccc%11c(c%10)oc%10ccccc%10%11)cc9c78)n6)c5c4c3)ccc12. The predicted octanol–water partition coefficient (Wildman–Crippen LogP) is 17.7. The Morgan fingerprint density at radius 1 is 0.211 bits per heavy atom. The Morgan fingerprint density at radius 3 is 0.972 bits per heavy atom. The monoisotopic (exact) mass is 911 g/mol. The molecule has 10 aromatic carbocycles. The van der Waals surface area contributed by atoms with Crippen LogP contribution in [0.2, 0.25) is 0 Å². The maximum Gasteiger partial charge on any atom is 0.164 e. The lowest BCUT2D eigenvalue weighted by molar-refractivity contribution is 0.668. The van der Waals surface area contributed by atoms with Crippen LogP contribution in [0.4, 0.5) is 0 Å². The van der Waals surface area contributed by atoms with Crippen molar-refractivity contribution in [3.8, 4) is 56.4 Å². The fourth-order valence-corrected chi connectivity index (χ4v) is 10.9. The van der Waals surface area contributed by atoms with Gasteiger partial charge in [-0.3, -0.25) is 0 Å². The Labute approximate surface area is 401 Å². The zero-order valence-corrected chi connectivity index (χ0v) is 37.4. The van der Waals surface area contributed by atoms with Gasteiger partial charge in [0, 0.05) is 70.6 Å². The van der Waals surface area contributed by atoms with E-state index in [0.717, 1.165) is 149 Å². The second-order valence-electron chi connectivity index (χ2n) is 18.2. The maximum atomic E-state index is 6.60. The molecule has 330 valence electrons. The summed E-state index contributed by atoms with van der Waals surface area (Å²) in [5.74, 6) is 1.51. The first-order valence-corrected chi connectivity index (χ1v) is 23.5. The molecule has 0 aliphatic rings. The Hall–Kier alpha value is -9.79. The van der Waals surface area contributed by atoms with E-state index in [4.69, 9.17) is 37.0 Å². The van der Waals surface area contributed by atoms with Gasteiger partial charge in [0.05, 0.1) is 0 Å². The van der Waals surface area contributed by atoms with Crippen molar-refractivity contribution in [2.75, 3.05) is 0 Å². The first-order chi connectivity index (χ1) is 35.1. The van der Waals surface area contributed by atoms with Gasteiger partial charge in [-0.2, -0.15) is 0 Å². The molecular weight excluding hydrogens is 879 g/mol. The van der Waals surface area contributed by atoms with E-state index in [0.29, 0.717) is 17.5 Å². The molecule has 16 rings (SSSR count). The van der Waals surface area contributed by atoms with Crippen LogP contribution in [0.15, 0.2) is 222 Å². The van der Waals surface area contributed by atoms with Gasteiger partial charge in [0.25, 0.3) is 0 Å². The average molecular weight is 912 g/mol. The summed E-state index contributed by atoms with van der Waals surface area (Å²) in [6.45, 7) is 0. The van der Waals surface area contributed by atoms with Gasteiger partial charge in [0.15, 0.2) is 17.5 Å². The molecule has 0 aliphatic carbocycles. The highest BCUT2D eigenvalue weighted by Gasteiger charge is 2.23. The minimum atomic E-state index is 0.502. The van der Waals surface area contributed by atoms with Crippen molar-refractivity contribution in [2.24, 2.45) is 0 Å². The van der Waals surface area contributed by atoms with E-state index >= 15 is 0 Å². The van der Waals surface area contributed by atoms with Gasteiger partial charge in [-0.1, -0.05) is 115 Å². The molecule has 6 aromatic heterocycles. The van der Waals surface area contributed by atoms with Gasteiger partial charge in [-0.05, 0) is 107 Å². The molecule has 0 amide bonds. The lowest BCUT2D eigenvalue weighted by atomic mass is 9.99. The standard InChI is InChI=1S/C63H33N3O5/c1-4-16-48-38(10-1)40-26-22-36(32-56(40)70-48)34-24-28-51-46(30-34)59-44(14-8-20-54(59)68-51)62-64-61(43-13-7-19-53-58(43)42-12-3-6-18-50(42)67-53)65-63(66-62)45-15-9-21-55-60(45)47-31-35(25-29-52(47)69-55)37-23-27-41-39-11-2-5-17-49(39)71-57(41)33-37/h1-33H. The fraction of sp³-hybridized carbons (Fsp3) is 0. The summed E-state index contributed by atoms with van der Waals surface area (Å²) in [7, 11) is 0. The Morgan fingerprint density at radius 2 is 0.521 bits per heavy atom. The molecule has 0 fully saturated rings. The normalized spacial score (nSPS) is 12.2. The van der Waals surface area contributed by atoms with Crippen molar-refractivity contribution in [3.63, 3.8) is 0 Å². The van der Waals surface area contributed by atoms with E-state index in [1.54, 1.807) is 0 Å². The topological polar surface area (TPSA) is 104 Å². The van der Waals surface area contributed by atoms with E-state index in [1.807, 2.05) is 103 Å². The molecule has 0 saturated heterocycles. The average Bonchev–Trinajstić information content (AvgIpc) is 4.25. The number of aromatic nitrogens is 3. The molecule has 0 radical (unpaired) electrons. The Kier molecular flexibility index (Phi) is 7.73. The maximum absolute atomic E-state index is 6.60. The predicted molar refractivity (Wildman–Crippen MR) is 283 cm³/mol. The first kappa shape index (κ1) is 38.2. The summed E-state index contributed by atoms with van der Waals surface area (Å²) in [4.78, 5) is 16.2. The number of para-hydroxylation sites is 3. The Bertz CT molecular complexity index is 4660. The molecule has 0 atom stereocenters. The van der Waals surface area contributed by atoms with Gasteiger partial charge in [0.1, 0.15) is 55.8 Å². The van der Waals surface area contributed by atoms with Crippen molar-refractivity contribution in [1.29, 1.82) is 0 Å². The van der Waals surface area contributed by atoms with E-state index in [9.17, 15) is 0 Å². The highest BCUT2D eigenvalue weighted by molar-refractivity contribution is 6.16. The van der Waals surface area contributed by atoms with Crippen LogP contribution in [0.3, 0.4) is 0 Å². The Balaban J connectivity index is 0.913. The van der Waals surface area contributed by atoms with Gasteiger partial charge in [0.2, 0.25) is 0 Å². The summed E-state index contributed by atoms with van der Waals surface area (Å²) in [6, 6.07) is 68.1. The molecule has 0 spiro atoms. The third-order valence-corrected chi connectivity index (χ3v) is 14.2. The number of hydrogen-bond donors (Lipinski definition) is 0. The lowest BCUT2D eigenvalue weighted by Gasteiger charge is -2.11. The third-order valence-electron chi connectivity index (χ3n) is 14.2. The van der Waals surface area contributed by atoms with Crippen molar-refractivity contribution >= 4 is 110 Å². The molecule has 0 N–H and O–H groups in total. The molecule has 0 bridgehead atoms. The number of rotatable bonds is 5. The van der Waals surface area contributed by atoms with E-state index in [2.05, 4.69) is 97.1 Å². The van der Waals surface area contributed by atoms with Gasteiger partial charge in [-0.25, -0.2) is 15.0 Å². The minimum Gasteiger partial charge on any atom is -0.456 e. The molecule has 8 heteroatoms. The van der Waals surface area contributed by atoms with Gasteiger partial charge >= 0.3 is 0 Å². The van der Waals surface area contributed by atoms with Crippen LogP contribution >= 0.6 is 0 Å².